The number of morpholine rings is 1. The summed E-state index contributed by atoms with van der Waals surface area (Å²) in [5.74, 6) is 0. The van der Waals surface area contributed by atoms with Gasteiger partial charge >= 0.3 is 0 Å². The number of rotatable bonds is 7. The fraction of sp³-hybridized carbons (Fsp3) is 0.417. The van der Waals surface area contributed by atoms with Crippen molar-refractivity contribution in [2.24, 2.45) is 0 Å². The number of para-hydroxylation sites is 1. The lowest BCUT2D eigenvalue weighted by Crippen LogP contribution is -2.36. The average Bonchev–Trinajstić information content (AvgIpc) is 2.74. The van der Waals surface area contributed by atoms with E-state index in [0.29, 0.717) is 0 Å². The van der Waals surface area contributed by atoms with Gasteiger partial charge < -0.3 is 15.0 Å². The Morgan fingerprint density at radius 1 is 1.07 bits per heavy atom. The fourth-order valence-corrected chi connectivity index (χ4v) is 3.75. The van der Waals surface area contributed by atoms with Gasteiger partial charge in [-0.3, -0.25) is 0 Å². The van der Waals surface area contributed by atoms with Gasteiger partial charge in [-0.05, 0) is 47.6 Å². The van der Waals surface area contributed by atoms with Crippen molar-refractivity contribution in [2.45, 2.75) is 32.1 Å². The highest BCUT2D eigenvalue weighted by molar-refractivity contribution is 5.57. The molecule has 2 aromatic carbocycles. The summed E-state index contributed by atoms with van der Waals surface area (Å²) in [7, 11) is 2.00. The average molecular weight is 365 g/mol. The third-order valence-electron chi connectivity index (χ3n) is 5.77. The lowest BCUT2D eigenvalue weighted by Gasteiger charge is -2.30. The Morgan fingerprint density at radius 2 is 1.78 bits per heavy atom. The highest BCUT2D eigenvalue weighted by atomic mass is 16.5. The van der Waals surface area contributed by atoms with Crippen LogP contribution in [0.3, 0.4) is 0 Å². The summed E-state index contributed by atoms with van der Waals surface area (Å²) < 4.78 is 5.44. The van der Waals surface area contributed by atoms with E-state index in [1.54, 1.807) is 0 Å². The molecule has 1 aliphatic rings. The Balaban J connectivity index is 1.68. The predicted molar refractivity (Wildman–Crippen MR) is 117 cm³/mol. The van der Waals surface area contributed by atoms with Gasteiger partial charge in [0.15, 0.2) is 0 Å². The molecule has 0 radical (unpaired) electrons. The highest BCUT2D eigenvalue weighted by Gasteiger charge is 2.25. The zero-order valence-corrected chi connectivity index (χ0v) is 16.9. The summed E-state index contributed by atoms with van der Waals surface area (Å²) in [6, 6.07) is 17.5. The van der Waals surface area contributed by atoms with Crippen LogP contribution in [-0.2, 0) is 10.2 Å². The first-order valence-electron chi connectivity index (χ1n) is 10.0. The fourth-order valence-electron chi connectivity index (χ4n) is 3.75. The molecule has 2 aromatic rings. The van der Waals surface area contributed by atoms with Crippen molar-refractivity contribution in [1.29, 1.82) is 0 Å². The third kappa shape index (κ3) is 4.72. The molecule has 144 valence electrons. The largest absolute Gasteiger partial charge is 0.388 e. The van der Waals surface area contributed by atoms with Crippen LogP contribution < -0.4 is 10.2 Å². The SMILES string of the molecule is CCC(C)(C/C=C/c1ccc(N2CCOCC2)cc1)c1ccccc1NC. The first-order chi connectivity index (χ1) is 13.2. The van der Waals surface area contributed by atoms with E-state index < -0.39 is 0 Å². The molecule has 3 nitrogen and oxygen atoms in total. The van der Waals surface area contributed by atoms with Crippen LogP contribution in [0.1, 0.15) is 37.8 Å². The third-order valence-corrected chi connectivity index (χ3v) is 5.77. The van der Waals surface area contributed by atoms with Gasteiger partial charge in [-0.25, -0.2) is 0 Å². The molecule has 1 fully saturated rings. The second-order valence-corrected chi connectivity index (χ2v) is 7.51. The van der Waals surface area contributed by atoms with E-state index in [9.17, 15) is 0 Å². The molecule has 1 atom stereocenters. The van der Waals surface area contributed by atoms with Gasteiger partial charge in [0.2, 0.25) is 0 Å². The van der Waals surface area contributed by atoms with Crippen molar-refractivity contribution in [3.63, 3.8) is 0 Å². The van der Waals surface area contributed by atoms with E-state index in [1.165, 1.54) is 22.5 Å². The Hall–Kier alpha value is -2.26. The Labute approximate surface area is 164 Å². The molecule has 0 bridgehead atoms. The predicted octanol–water partition coefficient (Wildman–Crippen LogP) is 5.34. The number of nitrogens with one attached hydrogen (secondary N) is 1. The van der Waals surface area contributed by atoms with Gasteiger partial charge in [-0.1, -0.05) is 56.3 Å². The molecule has 1 heterocycles. The molecule has 0 spiro atoms. The molecular weight excluding hydrogens is 332 g/mol. The van der Waals surface area contributed by atoms with Crippen LogP contribution in [0.4, 0.5) is 11.4 Å². The van der Waals surface area contributed by atoms with Gasteiger partial charge in [-0.2, -0.15) is 0 Å². The van der Waals surface area contributed by atoms with Crippen molar-refractivity contribution in [3.05, 3.63) is 65.7 Å². The van der Waals surface area contributed by atoms with Gasteiger partial charge in [0.25, 0.3) is 0 Å². The summed E-state index contributed by atoms with van der Waals surface area (Å²) in [6.45, 7) is 8.24. The molecule has 27 heavy (non-hydrogen) atoms. The Morgan fingerprint density at radius 3 is 2.44 bits per heavy atom. The molecule has 1 saturated heterocycles. The maximum absolute atomic E-state index is 5.44. The summed E-state index contributed by atoms with van der Waals surface area (Å²) in [5.41, 5.74) is 5.29. The van der Waals surface area contributed by atoms with Crippen LogP contribution in [0.2, 0.25) is 0 Å². The van der Waals surface area contributed by atoms with Crippen molar-refractivity contribution < 1.29 is 4.74 Å². The lowest BCUT2D eigenvalue weighted by atomic mass is 9.76. The number of hydrogen-bond acceptors (Lipinski definition) is 3. The van der Waals surface area contributed by atoms with Gasteiger partial charge in [0.1, 0.15) is 0 Å². The molecule has 0 aromatic heterocycles. The van der Waals surface area contributed by atoms with Crippen molar-refractivity contribution in [3.8, 4) is 0 Å². The molecular formula is C24H32N2O. The summed E-state index contributed by atoms with van der Waals surface area (Å²) in [6.07, 6.45) is 6.69. The zero-order valence-electron chi connectivity index (χ0n) is 16.9. The van der Waals surface area contributed by atoms with Gasteiger partial charge in [0, 0.05) is 31.5 Å². The number of benzene rings is 2. The summed E-state index contributed by atoms with van der Waals surface area (Å²) in [4.78, 5) is 2.39. The van der Waals surface area contributed by atoms with Crippen molar-refractivity contribution in [1.82, 2.24) is 0 Å². The van der Waals surface area contributed by atoms with Crippen LogP contribution in [0.25, 0.3) is 6.08 Å². The lowest BCUT2D eigenvalue weighted by molar-refractivity contribution is 0.122. The Bertz CT molecular complexity index is 747. The van der Waals surface area contributed by atoms with E-state index in [-0.39, 0.29) is 5.41 Å². The smallest absolute Gasteiger partial charge is 0.0642 e. The van der Waals surface area contributed by atoms with Crippen LogP contribution in [0, 0.1) is 0 Å². The molecule has 3 rings (SSSR count). The van der Waals surface area contributed by atoms with E-state index in [1.807, 2.05) is 7.05 Å². The zero-order chi connectivity index (χ0) is 19.1. The van der Waals surface area contributed by atoms with Crippen molar-refractivity contribution >= 4 is 17.5 Å². The van der Waals surface area contributed by atoms with Gasteiger partial charge in [0.05, 0.1) is 13.2 Å². The van der Waals surface area contributed by atoms with E-state index in [0.717, 1.165) is 39.1 Å². The quantitative estimate of drug-likeness (QED) is 0.718. The maximum atomic E-state index is 5.44. The van der Waals surface area contributed by atoms with Crippen LogP contribution in [0.5, 0.6) is 0 Å². The number of ether oxygens (including phenoxy) is 1. The van der Waals surface area contributed by atoms with Crippen LogP contribution in [-0.4, -0.2) is 33.4 Å². The van der Waals surface area contributed by atoms with Crippen LogP contribution >= 0.6 is 0 Å². The van der Waals surface area contributed by atoms with E-state index in [2.05, 4.69) is 84.7 Å². The first-order valence-corrected chi connectivity index (χ1v) is 10.0. The maximum Gasteiger partial charge on any atom is 0.0642 e. The second-order valence-electron chi connectivity index (χ2n) is 7.51. The molecule has 1 unspecified atom stereocenters. The standard InChI is InChI=1S/C24H32N2O/c1-4-24(2,22-9-5-6-10-23(22)25-3)15-7-8-20-11-13-21(14-12-20)26-16-18-27-19-17-26/h5-14,25H,4,15-19H2,1-3H3/b8-7+. The number of nitrogens with zero attached hydrogens (tertiary/aromatic N) is 1. The van der Waals surface area contributed by atoms with E-state index >= 15 is 0 Å². The minimum absolute atomic E-state index is 0.129. The summed E-state index contributed by atoms with van der Waals surface area (Å²) in [5, 5.41) is 3.34. The molecule has 3 heteroatoms. The number of hydrogen-bond donors (Lipinski definition) is 1. The molecule has 0 amide bonds. The molecule has 0 aliphatic carbocycles. The topological polar surface area (TPSA) is 24.5 Å². The van der Waals surface area contributed by atoms with E-state index in [4.69, 9.17) is 4.74 Å². The molecule has 0 saturated carbocycles. The molecule has 1 N–H and O–H groups in total. The van der Waals surface area contributed by atoms with Gasteiger partial charge in [-0.15, -0.1) is 0 Å². The normalized spacial score (nSPS) is 17.1. The minimum atomic E-state index is 0.129. The minimum Gasteiger partial charge on any atom is -0.388 e. The highest BCUT2D eigenvalue weighted by Crippen LogP contribution is 2.36. The first kappa shape index (κ1) is 19.5. The molecule has 1 aliphatic heterocycles. The Kier molecular flexibility index (Phi) is 6.57. The van der Waals surface area contributed by atoms with Crippen molar-refractivity contribution in [2.75, 3.05) is 43.6 Å². The monoisotopic (exact) mass is 364 g/mol. The number of anilines is 2. The van der Waals surface area contributed by atoms with Crippen LogP contribution in [0.15, 0.2) is 54.6 Å². The second kappa shape index (κ2) is 9.09. The number of allylic oxidation sites excluding steroid dienone is 1. The summed E-state index contributed by atoms with van der Waals surface area (Å²) >= 11 is 0.